The van der Waals surface area contributed by atoms with E-state index in [-0.39, 0.29) is 0 Å². The fourth-order valence-corrected chi connectivity index (χ4v) is 2.11. The third kappa shape index (κ3) is 4.40. The lowest BCUT2D eigenvalue weighted by molar-refractivity contribution is 0.477. The number of nitrogens with one attached hydrogen (secondary N) is 2. The van der Waals surface area contributed by atoms with Crippen molar-refractivity contribution >= 4 is 40.5 Å². The van der Waals surface area contributed by atoms with E-state index in [2.05, 4.69) is 10.6 Å². The van der Waals surface area contributed by atoms with Gasteiger partial charge in [0, 0.05) is 6.54 Å². The van der Waals surface area contributed by atoms with Crippen LogP contribution in [0, 0.1) is 6.92 Å². The van der Waals surface area contributed by atoms with Gasteiger partial charge in [-0.3, -0.25) is 0 Å². The Labute approximate surface area is 133 Å². The first kappa shape index (κ1) is 15.2. The van der Waals surface area contributed by atoms with Crippen LogP contribution < -0.4 is 10.6 Å². The molecule has 0 amide bonds. The van der Waals surface area contributed by atoms with Crippen LogP contribution in [0.3, 0.4) is 0 Å². The first-order chi connectivity index (χ1) is 9.54. The molecule has 106 valence electrons. The zero-order valence-corrected chi connectivity index (χ0v) is 13.2. The summed E-state index contributed by atoms with van der Waals surface area (Å²) in [5, 5.41) is 7.82. The molecular weight excluding hydrogens is 315 g/mol. The Morgan fingerprint density at radius 1 is 1.10 bits per heavy atom. The average molecular weight is 329 g/mol. The number of aryl methyl sites for hydroxylation is 1. The van der Waals surface area contributed by atoms with Gasteiger partial charge < -0.3 is 15.1 Å². The molecule has 0 fully saturated rings. The summed E-state index contributed by atoms with van der Waals surface area (Å²) in [6, 6.07) is 9.32. The Morgan fingerprint density at radius 3 is 2.50 bits per heavy atom. The van der Waals surface area contributed by atoms with Gasteiger partial charge >= 0.3 is 0 Å². The average Bonchev–Trinajstić information content (AvgIpc) is 2.83. The van der Waals surface area contributed by atoms with Crippen molar-refractivity contribution in [3.8, 4) is 0 Å². The quantitative estimate of drug-likeness (QED) is 0.830. The van der Waals surface area contributed by atoms with Crippen molar-refractivity contribution in [3.05, 3.63) is 57.5 Å². The van der Waals surface area contributed by atoms with E-state index in [1.54, 1.807) is 6.07 Å². The van der Waals surface area contributed by atoms with E-state index in [1.807, 2.05) is 31.2 Å². The molecule has 0 unspecified atom stereocenters. The second kappa shape index (κ2) is 6.97. The smallest absolute Gasteiger partial charge is 0.166 e. The van der Waals surface area contributed by atoms with E-state index in [4.69, 9.17) is 39.8 Å². The Balaban J connectivity index is 1.78. The van der Waals surface area contributed by atoms with E-state index >= 15 is 0 Å². The molecule has 0 bridgehead atoms. The zero-order chi connectivity index (χ0) is 14.5. The molecule has 0 atom stereocenters. The van der Waals surface area contributed by atoms with E-state index in [0.717, 1.165) is 17.1 Å². The molecule has 0 aliphatic heterocycles. The fraction of sp³-hybridized carbons (Fsp3) is 0.214. The molecule has 6 heteroatoms. The van der Waals surface area contributed by atoms with Gasteiger partial charge in [-0.1, -0.05) is 29.3 Å². The van der Waals surface area contributed by atoms with Crippen molar-refractivity contribution in [1.29, 1.82) is 0 Å². The topological polar surface area (TPSA) is 37.2 Å². The minimum Gasteiger partial charge on any atom is -0.465 e. The van der Waals surface area contributed by atoms with Gasteiger partial charge in [0.2, 0.25) is 0 Å². The molecule has 2 aromatic rings. The molecule has 1 heterocycles. The van der Waals surface area contributed by atoms with Crippen molar-refractivity contribution in [2.45, 2.75) is 20.0 Å². The Morgan fingerprint density at radius 2 is 1.85 bits per heavy atom. The minimum atomic E-state index is 0.538. The maximum Gasteiger partial charge on any atom is 0.166 e. The van der Waals surface area contributed by atoms with E-state index in [9.17, 15) is 0 Å². The van der Waals surface area contributed by atoms with Crippen LogP contribution in [0.1, 0.15) is 17.1 Å². The first-order valence-electron chi connectivity index (χ1n) is 6.05. The van der Waals surface area contributed by atoms with Gasteiger partial charge in [0.1, 0.15) is 11.5 Å². The minimum absolute atomic E-state index is 0.538. The van der Waals surface area contributed by atoms with Crippen molar-refractivity contribution in [3.63, 3.8) is 0 Å². The highest BCUT2D eigenvalue weighted by Crippen LogP contribution is 2.22. The van der Waals surface area contributed by atoms with Crippen LogP contribution in [0.15, 0.2) is 34.7 Å². The highest BCUT2D eigenvalue weighted by Gasteiger charge is 2.02. The van der Waals surface area contributed by atoms with Crippen LogP contribution in [0.4, 0.5) is 0 Å². The van der Waals surface area contributed by atoms with Crippen LogP contribution in [0.25, 0.3) is 0 Å². The van der Waals surface area contributed by atoms with Gasteiger partial charge in [0.25, 0.3) is 0 Å². The first-order valence-corrected chi connectivity index (χ1v) is 7.22. The van der Waals surface area contributed by atoms with Crippen LogP contribution in [-0.2, 0) is 13.1 Å². The molecule has 0 aliphatic rings. The maximum atomic E-state index is 5.95. The third-order valence-corrected chi connectivity index (χ3v) is 3.68. The largest absolute Gasteiger partial charge is 0.465 e. The molecule has 2 rings (SSSR count). The van der Waals surface area contributed by atoms with Crippen molar-refractivity contribution in [2.24, 2.45) is 0 Å². The lowest BCUT2D eigenvalue weighted by Crippen LogP contribution is -2.34. The van der Waals surface area contributed by atoms with Crippen LogP contribution in [0.2, 0.25) is 10.0 Å². The number of hydrogen-bond donors (Lipinski definition) is 2. The van der Waals surface area contributed by atoms with Gasteiger partial charge in [-0.2, -0.15) is 0 Å². The number of thiocarbonyl (C=S) groups is 1. The lowest BCUT2D eigenvalue weighted by Gasteiger charge is -2.10. The van der Waals surface area contributed by atoms with Gasteiger partial charge in [-0.05, 0) is 49.0 Å². The second-order valence-corrected chi connectivity index (χ2v) is 5.52. The molecule has 20 heavy (non-hydrogen) atoms. The second-order valence-electron chi connectivity index (χ2n) is 4.30. The summed E-state index contributed by atoms with van der Waals surface area (Å²) in [6.07, 6.45) is 0. The number of rotatable bonds is 4. The predicted molar refractivity (Wildman–Crippen MR) is 86.2 cm³/mol. The van der Waals surface area contributed by atoms with Gasteiger partial charge in [0.15, 0.2) is 5.11 Å². The van der Waals surface area contributed by atoms with Crippen LogP contribution >= 0.6 is 35.4 Å². The van der Waals surface area contributed by atoms with E-state index in [0.29, 0.717) is 28.2 Å². The molecule has 0 saturated heterocycles. The standard InChI is InChI=1S/C14H14Cl2N2OS/c1-9-2-4-11(19-9)8-18-14(20)17-7-10-3-5-12(15)13(16)6-10/h2-6H,7-8H2,1H3,(H2,17,18,20). The number of benzene rings is 1. The summed E-state index contributed by atoms with van der Waals surface area (Å²) in [4.78, 5) is 0. The van der Waals surface area contributed by atoms with Gasteiger partial charge in [-0.25, -0.2) is 0 Å². The lowest BCUT2D eigenvalue weighted by atomic mass is 10.2. The molecule has 3 nitrogen and oxygen atoms in total. The van der Waals surface area contributed by atoms with Gasteiger partial charge in [-0.15, -0.1) is 0 Å². The fourth-order valence-electron chi connectivity index (χ4n) is 1.64. The number of halogens is 2. The summed E-state index contributed by atoms with van der Waals surface area (Å²) in [5.74, 6) is 1.73. The normalized spacial score (nSPS) is 10.3. The van der Waals surface area contributed by atoms with E-state index < -0.39 is 0 Å². The summed E-state index contributed by atoms with van der Waals surface area (Å²) in [5.41, 5.74) is 1.01. The summed E-state index contributed by atoms with van der Waals surface area (Å²) >= 11 is 17.0. The molecule has 0 aliphatic carbocycles. The van der Waals surface area contributed by atoms with Crippen molar-refractivity contribution in [1.82, 2.24) is 10.6 Å². The molecule has 0 saturated carbocycles. The predicted octanol–water partition coefficient (Wildman–Crippen LogP) is 4.06. The highest BCUT2D eigenvalue weighted by atomic mass is 35.5. The monoisotopic (exact) mass is 328 g/mol. The SMILES string of the molecule is Cc1ccc(CNC(=S)NCc2ccc(Cl)c(Cl)c2)o1. The Bertz CT molecular complexity index is 613. The summed E-state index contributed by atoms with van der Waals surface area (Å²) in [7, 11) is 0. The third-order valence-electron chi connectivity index (χ3n) is 2.66. The highest BCUT2D eigenvalue weighted by molar-refractivity contribution is 7.80. The Kier molecular flexibility index (Phi) is 5.29. The molecule has 0 spiro atoms. The molecular formula is C14H14Cl2N2OS. The van der Waals surface area contributed by atoms with E-state index in [1.165, 1.54) is 0 Å². The number of hydrogen-bond acceptors (Lipinski definition) is 2. The van der Waals surface area contributed by atoms with Crippen LogP contribution in [0.5, 0.6) is 0 Å². The number of furan rings is 1. The van der Waals surface area contributed by atoms with Crippen molar-refractivity contribution in [2.75, 3.05) is 0 Å². The molecule has 0 radical (unpaired) electrons. The Hall–Kier alpha value is -1.23. The molecule has 1 aromatic carbocycles. The van der Waals surface area contributed by atoms with Gasteiger partial charge in [0.05, 0.1) is 16.6 Å². The molecule has 1 aromatic heterocycles. The maximum absolute atomic E-state index is 5.95. The molecule has 2 N–H and O–H groups in total. The summed E-state index contributed by atoms with van der Waals surface area (Å²) < 4.78 is 5.44. The zero-order valence-electron chi connectivity index (χ0n) is 10.9. The summed E-state index contributed by atoms with van der Waals surface area (Å²) in [6.45, 7) is 3.05. The van der Waals surface area contributed by atoms with Crippen LogP contribution in [-0.4, -0.2) is 5.11 Å². The van der Waals surface area contributed by atoms with Crippen molar-refractivity contribution < 1.29 is 4.42 Å².